The van der Waals surface area contributed by atoms with Crippen LogP contribution in [0, 0.1) is 0 Å². The van der Waals surface area contributed by atoms with Gasteiger partial charge in [0.25, 0.3) is 0 Å². The minimum atomic E-state index is -1.35. The third kappa shape index (κ3) is 4.25. The van der Waals surface area contributed by atoms with Crippen LogP contribution in [0.4, 0.5) is 0 Å². The van der Waals surface area contributed by atoms with E-state index in [9.17, 15) is 9.59 Å². The Balaban J connectivity index is 2.59. The van der Waals surface area contributed by atoms with Crippen LogP contribution in [-0.2, 0) is 9.59 Å². The van der Waals surface area contributed by atoms with Gasteiger partial charge in [0, 0.05) is 12.0 Å². The van der Waals surface area contributed by atoms with Crippen LogP contribution in [0.2, 0.25) is 0 Å². The van der Waals surface area contributed by atoms with Crippen LogP contribution in [-0.4, -0.2) is 45.7 Å². The van der Waals surface area contributed by atoms with Gasteiger partial charge in [0.1, 0.15) is 11.8 Å². The molecular formula is C12H14N2O6. The summed E-state index contributed by atoms with van der Waals surface area (Å²) in [6.07, 6.45) is 0.148. The zero-order valence-corrected chi connectivity index (χ0v) is 10.4. The Labute approximate surface area is 114 Å². The van der Waals surface area contributed by atoms with Gasteiger partial charge in [-0.15, -0.1) is 0 Å². The molecule has 1 rings (SSSR count). The molecule has 0 aromatic heterocycles. The first-order chi connectivity index (χ1) is 9.45. The van der Waals surface area contributed by atoms with E-state index in [1.54, 1.807) is 0 Å². The van der Waals surface area contributed by atoms with Gasteiger partial charge in [0.15, 0.2) is 5.71 Å². The zero-order valence-electron chi connectivity index (χ0n) is 10.4. The molecule has 1 atom stereocenters. The molecule has 0 aliphatic carbocycles. The number of nitrogens with zero attached hydrogens (tertiary/aromatic N) is 1. The topological polar surface area (TPSA) is 142 Å². The number of rotatable bonds is 7. The average molecular weight is 282 g/mol. The largest absolute Gasteiger partial charge is 0.494 e. The Morgan fingerprint density at radius 3 is 2.30 bits per heavy atom. The lowest BCUT2D eigenvalue weighted by Crippen LogP contribution is -2.31. The van der Waals surface area contributed by atoms with E-state index < -0.39 is 23.7 Å². The highest BCUT2D eigenvalue weighted by molar-refractivity contribution is 6.42. The SMILES string of the molecule is NC(CCOc1ccc(C(=NO)C(=O)O)cc1)C(=O)O. The smallest absolute Gasteiger partial charge is 0.358 e. The fourth-order valence-electron chi connectivity index (χ4n) is 1.36. The van der Waals surface area contributed by atoms with Crippen molar-refractivity contribution in [3.8, 4) is 5.75 Å². The van der Waals surface area contributed by atoms with Crippen LogP contribution in [0.25, 0.3) is 0 Å². The van der Waals surface area contributed by atoms with Crippen molar-refractivity contribution < 1.29 is 29.7 Å². The van der Waals surface area contributed by atoms with Crippen molar-refractivity contribution in [2.75, 3.05) is 6.61 Å². The van der Waals surface area contributed by atoms with Crippen LogP contribution >= 0.6 is 0 Å². The molecule has 1 aromatic carbocycles. The second-order valence-electron chi connectivity index (χ2n) is 3.86. The number of carboxylic acids is 2. The maximum atomic E-state index is 10.7. The molecule has 0 spiro atoms. The number of hydrogen-bond donors (Lipinski definition) is 4. The highest BCUT2D eigenvalue weighted by Crippen LogP contribution is 2.13. The van der Waals surface area contributed by atoms with Gasteiger partial charge in [-0.3, -0.25) is 4.79 Å². The van der Waals surface area contributed by atoms with Crippen LogP contribution in [0.15, 0.2) is 29.4 Å². The summed E-state index contributed by atoms with van der Waals surface area (Å²) < 4.78 is 5.26. The van der Waals surface area contributed by atoms with E-state index in [2.05, 4.69) is 5.16 Å². The lowest BCUT2D eigenvalue weighted by molar-refractivity contribution is -0.138. The van der Waals surface area contributed by atoms with Gasteiger partial charge in [-0.05, 0) is 24.3 Å². The summed E-state index contributed by atoms with van der Waals surface area (Å²) in [4.78, 5) is 21.2. The summed E-state index contributed by atoms with van der Waals surface area (Å²) in [6, 6.07) is 4.80. The van der Waals surface area contributed by atoms with Crippen LogP contribution in [0.1, 0.15) is 12.0 Å². The summed E-state index contributed by atoms with van der Waals surface area (Å²) in [7, 11) is 0. The average Bonchev–Trinajstić information content (AvgIpc) is 2.40. The molecule has 0 aliphatic heterocycles. The highest BCUT2D eigenvalue weighted by Gasteiger charge is 2.13. The fraction of sp³-hybridized carbons (Fsp3) is 0.250. The van der Waals surface area contributed by atoms with Gasteiger partial charge in [0.05, 0.1) is 6.61 Å². The third-order valence-corrected chi connectivity index (χ3v) is 2.45. The minimum Gasteiger partial charge on any atom is -0.494 e. The standard InChI is InChI=1S/C12H14N2O6/c13-9(11(15)16)5-6-20-8-3-1-7(2-4-8)10(14-19)12(17)18/h1-4,9,19H,5-6,13H2,(H,15,16)(H,17,18). The van der Waals surface area contributed by atoms with E-state index >= 15 is 0 Å². The molecule has 0 heterocycles. The number of carbonyl (C=O) groups is 2. The highest BCUT2D eigenvalue weighted by atomic mass is 16.5. The lowest BCUT2D eigenvalue weighted by atomic mass is 10.1. The molecule has 0 radical (unpaired) electrons. The van der Waals surface area contributed by atoms with E-state index in [4.69, 9.17) is 25.9 Å². The quantitative estimate of drug-likeness (QED) is 0.316. The second-order valence-corrected chi connectivity index (χ2v) is 3.86. The summed E-state index contributed by atoms with van der Waals surface area (Å²) in [5.41, 5.74) is 5.04. The normalized spacial score (nSPS) is 12.8. The first kappa shape index (κ1) is 15.4. The Morgan fingerprint density at radius 1 is 1.25 bits per heavy atom. The number of ether oxygens (including phenoxy) is 1. The Morgan fingerprint density at radius 2 is 1.85 bits per heavy atom. The molecule has 0 saturated carbocycles. The van der Waals surface area contributed by atoms with Crippen molar-refractivity contribution in [3.63, 3.8) is 0 Å². The fourth-order valence-corrected chi connectivity index (χ4v) is 1.36. The van der Waals surface area contributed by atoms with Gasteiger partial charge in [-0.2, -0.15) is 0 Å². The van der Waals surface area contributed by atoms with Crippen molar-refractivity contribution in [1.82, 2.24) is 0 Å². The monoisotopic (exact) mass is 282 g/mol. The van der Waals surface area contributed by atoms with Crippen molar-refractivity contribution in [1.29, 1.82) is 0 Å². The molecule has 0 amide bonds. The van der Waals surface area contributed by atoms with Crippen LogP contribution in [0.3, 0.4) is 0 Å². The lowest BCUT2D eigenvalue weighted by Gasteiger charge is -2.09. The molecule has 5 N–H and O–H groups in total. The van der Waals surface area contributed by atoms with Gasteiger partial charge in [0.2, 0.25) is 0 Å². The van der Waals surface area contributed by atoms with Gasteiger partial charge in [-0.1, -0.05) is 5.16 Å². The molecule has 20 heavy (non-hydrogen) atoms. The third-order valence-electron chi connectivity index (χ3n) is 2.45. The predicted octanol–water partition coefficient (Wildman–Crippen LogP) is 0.130. The molecule has 108 valence electrons. The van der Waals surface area contributed by atoms with Crippen molar-refractivity contribution in [2.24, 2.45) is 10.9 Å². The van der Waals surface area contributed by atoms with Crippen molar-refractivity contribution in [3.05, 3.63) is 29.8 Å². The molecule has 8 nitrogen and oxygen atoms in total. The van der Waals surface area contributed by atoms with Gasteiger partial charge in [-0.25, -0.2) is 4.79 Å². The molecular weight excluding hydrogens is 268 g/mol. The number of oxime groups is 1. The molecule has 8 heteroatoms. The molecule has 0 aliphatic rings. The number of aliphatic carboxylic acids is 2. The molecule has 0 fully saturated rings. The predicted molar refractivity (Wildman–Crippen MR) is 68.1 cm³/mol. The molecule has 1 aromatic rings. The van der Waals surface area contributed by atoms with Crippen LogP contribution in [0.5, 0.6) is 5.75 Å². The van der Waals surface area contributed by atoms with Gasteiger partial charge >= 0.3 is 11.9 Å². The molecule has 1 unspecified atom stereocenters. The minimum absolute atomic E-state index is 0.118. The summed E-state index contributed by atoms with van der Waals surface area (Å²) in [5.74, 6) is -2.03. The zero-order chi connectivity index (χ0) is 15.1. The maximum Gasteiger partial charge on any atom is 0.358 e. The van der Waals surface area contributed by atoms with Crippen molar-refractivity contribution >= 4 is 17.7 Å². The Bertz CT molecular complexity index is 511. The van der Waals surface area contributed by atoms with E-state index in [1.165, 1.54) is 24.3 Å². The van der Waals surface area contributed by atoms with E-state index in [1.807, 2.05) is 0 Å². The number of carboxylic acid groups (broad SMARTS) is 2. The number of nitrogens with two attached hydrogens (primary N) is 1. The second kappa shape index (κ2) is 7.10. The Hall–Kier alpha value is -2.61. The summed E-state index contributed by atoms with van der Waals surface area (Å²) in [5, 5.41) is 28.6. The summed E-state index contributed by atoms with van der Waals surface area (Å²) in [6.45, 7) is 0.118. The summed E-state index contributed by atoms with van der Waals surface area (Å²) >= 11 is 0. The van der Waals surface area contributed by atoms with Gasteiger partial charge < -0.3 is 25.9 Å². The molecule has 0 saturated heterocycles. The first-order valence-electron chi connectivity index (χ1n) is 5.62. The number of hydrogen-bond acceptors (Lipinski definition) is 6. The van der Waals surface area contributed by atoms with E-state index in [0.717, 1.165) is 0 Å². The first-order valence-corrected chi connectivity index (χ1v) is 5.62. The molecule has 0 bridgehead atoms. The number of benzene rings is 1. The van der Waals surface area contributed by atoms with E-state index in [-0.39, 0.29) is 18.6 Å². The Kier molecular flexibility index (Phi) is 5.48. The van der Waals surface area contributed by atoms with Crippen molar-refractivity contribution in [2.45, 2.75) is 12.5 Å². The van der Waals surface area contributed by atoms with E-state index in [0.29, 0.717) is 5.75 Å². The van der Waals surface area contributed by atoms with Crippen LogP contribution < -0.4 is 10.5 Å². The maximum absolute atomic E-state index is 10.7.